The first-order valence-corrected chi connectivity index (χ1v) is 15.5. The van der Waals surface area contributed by atoms with Gasteiger partial charge in [-0.2, -0.15) is 0 Å². The molecule has 0 saturated carbocycles. The lowest BCUT2D eigenvalue weighted by molar-refractivity contribution is -0.451. The lowest BCUT2D eigenvalue weighted by atomic mass is 9.66. The summed E-state index contributed by atoms with van der Waals surface area (Å²) in [5, 5.41) is 31.5. The van der Waals surface area contributed by atoms with Gasteiger partial charge in [-0.1, -0.05) is 50.5 Å². The maximum atomic E-state index is 13.0. The number of phenolic OH excluding ortho intramolecular Hbond substituents is 1. The van der Waals surface area contributed by atoms with Crippen molar-refractivity contribution in [2.45, 2.75) is 109 Å². The molecule has 0 amide bonds. The number of aliphatic hydroxyl groups is 2. The Balaban J connectivity index is 1.66. The number of aliphatic hydroxyl groups excluding tert-OH is 1. The Morgan fingerprint density at radius 3 is 2.50 bits per heavy atom. The predicted molar refractivity (Wildman–Crippen MR) is 155 cm³/mol. The Hall–Kier alpha value is -1.76. The molecule has 0 aliphatic carbocycles. The Morgan fingerprint density at radius 1 is 1.12 bits per heavy atom. The molecule has 3 fully saturated rings. The highest BCUT2D eigenvalue weighted by Crippen LogP contribution is 2.57. The SMILES string of the molecule is COC(CCC(C)C1OC23CC(OC(=O)CC(CO)OC(=O)CC(O)(O2)C(C)CC3(C)C)C1C)c1cc(O)ccc1Br. The predicted octanol–water partition coefficient (Wildman–Crippen LogP) is 4.76. The molecule has 1 aromatic rings. The summed E-state index contributed by atoms with van der Waals surface area (Å²) in [5.74, 6) is -5.15. The summed E-state index contributed by atoms with van der Waals surface area (Å²) in [6, 6.07) is 5.07. The summed E-state index contributed by atoms with van der Waals surface area (Å²) >= 11 is 3.56. The molecule has 11 heteroatoms. The van der Waals surface area contributed by atoms with Crippen LogP contribution in [-0.4, -0.2) is 70.9 Å². The van der Waals surface area contributed by atoms with Crippen LogP contribution in [-0.2, 0) is 33.3 Å². The van der Waals surface area contributed by atoms with Gasteiger partial charge in [0.05, 0.1) is 31.7 Å². The molecular weight excluding hydrogens is 612 g/mol. The zero-order chi connectivity index (χ0) is 31.0. The number of ether oxygens (including phenoxy) is 5. The molecule has 4 rings (SSSR count). The third-order valence-corrected chi connectivity index (χ3v) is 10.2. The lowest BCUT2D eigenvalue weighted by Crippen LogP contribution is -2.68. The van der Waals surface area contributed by atoms with E-state index in [2.05, 4.69) is 22.9 Å². The average molecular weight is 658 g/mol. The number of aromatic hydroxyl groups is 1. The molecule has 9 unspecified atom stereocenters. The van der Waals surface area contributed by atoms with Gasteiger partial charge < -0.3 is 39.0 Å². The zero-order valence-electron chi connectivity index (χ0n) is 25.3. The number of hydrogen-bond acceptors (Lipinski definition) is 10. The molecule has 9 atom stereocenters. The molecule has 1 spiro atoms. The van der Waals surface area contributed by atoms with Crippen molar-refractivity contribution in [3.05, 3.63) is 28.2 Å². The van der Waals surface area contributed by atoms with E-state index in [1.165, 1.54) is 0 Å². The molecule has 3 aliphatic heterocycles. The van der Waals surface area contributed by atoms with Crippen molar-refractivity contribution in [1.82, 2.24) is 0 Å². The number of hydrogen-bond donors (Lipinski definition) is 3. The van der Waals surface area contributed by atoms with Gasteiger partial charge in [-0.15, -0.1) is 0 Å². The molecule has 0 aromatic heterocycles. The molecule has 10 nitrogen and oxygen atoms in total. The number of rotatable bonds is 7. The van der Waals surface area contributed by atoms with Crippen LogP contribution in [0.4, 0.5) is 0 Å². The highest BCUT2D eigenvalue weighted by molar-refractivity contribution is 9.10. The number of carbonyl (C=O) groups excluding carboxylic acids is 2. The second-order valence-electron chi connectivity index (χ2n) is 13.0. The third-order valence-electron chi connectivity index (χ3n) is 9.49. The Kier molecular flexibility index (Phi) is 10.0. The number of phenols is 1. The van der Waals surface area contributed by atoms with Crippen LogP contribution in [0.15, 0.2) is 22.7 Å². The fraction of sp³-hybridized carbons (Fsp3) is 0.742. The molecular formula is C31H45BrO10. The largest absolute Gasteiger partial charge is 0.508 e. The van der Waals surface area contributed by atoms with E-state index in [4.69, 9.17) is 23.7 Å². The van der Waals surface area contributed by atoms with Crippen LogP contribution in [0.3, 0.4) is 0 Å². The normalized spacial score (nSPS) is 36.5. The fourth-order valence-electron chi connectivity index (χ4n) is 6.87. The summed E-state index contributed by atoms with van der Waals surface area (Å²) in [7, 11) is 1.63. The molecule has 3 aliphatic rings. The van der Waals surface area contributed by atoms with Gasteiger partial charge in [0.1, 0.15) is 18.0 Å². The van der Waals surface area contributed by atoms with Gasteiger partial charge in [0.15, 0.2) is 11.6 Å². The number of halogens is 1. The average Bonchev–Trinajstić information content (AvgIpc) is 2.90. The maximum Gasteiger partial charge on any atom is 0.311 e. The second kappa shape index (κ2) is 12.7. The second-order valence-corrected chi connectivity index (χ2v) is 13.9. The van der Waals surface area contributed by atoms with Gasteiger partial charge in [0.2, 0.25) is 0 Å². The number of benzene rings is 1. The number of fused-ring (bicyclic) bond motifs is 2. The van der Waals surface area contributed by atoms with Crippen molar-refractivity contribution in [2.75, 3.05) is 13.7 Å². The molecule has 236 valence electrons. The van der Waals surface area contributed by atoms with Crippen molar-refractivity contribution >= 4 is 27.9 Å². The van der Waals surface area contributed by atoms with Crippen molar-refractivity contribution in [3.8, 4) is 5.75 Å². The lowest BCUT2D eigenvalue weighted by Gasteiger charge is -2.61. The van der Waals surface area contributed by atoms with E-state index < -0.39 is 66.2 Å². The van der Waals surface area contributed by atoms with Gasteiger partial charge >= 0.3 is 11.9 Å². The van der Waals surface area contributed by atoms with Crippen LogP contribution in [0.2, 0.25) is 0 Å². The first-order valence-electron chi connectivity index (χ1n) is 14.7. The first kappa shape index (κ1) is 33.1. The summed E-state index contributed by atoms with van der Waals surface area (Å²) in [4.78, 5) is 25.8. The van der Waals surface area contributed by atoms with Crippen molar-refractivity contribution in [3.63, 3.8) is 0 Å². The van der Waals surface area contributed by atoms with E-state index in [-0.39, 0.29) is 36.5 Å². The number of cyclic esters (lactones) is 1. The van der Waals surface area contributed by atoms with E-state index in [0.29, 0.717) is 19.3 Å². The van der Waals surface area contributed by atoms with Crippen molar-refractivity contribution in [2.24, 2.45) is 23.2 Å². The minimum atomic E-state index is -1.88. The van der Waals surface area contributed by atoms with Crippen LogP contribution in [0.25, 0.3) is 0 Å². The minimum absolute atomic E-state index is 0.0537. The summed E-state index contributed by atoms with van der Waals surface area (Å²) in [6.07, 6.45) is -1.21. The van der Waals surface area contributed by atoms with E-state index in [1.54, 1.807) is 25.3 Å². The van der Waals surface area contributed by atoms with Gasteiger partial charge in [-0.05, 0) is 48.9 Å². The highest BCUT2D eigenvalue weighted by atomic mass is 79.9. The summed E-state index contributed by atoms with van der Waals surface area (Å²) in [5.41, 5.74) is 0.228. The summed E-state index contributed by atoms with van der Waals surface area (Å²) < 4.78 is 31.3. The van der Waals surface area contributed by atoms with Gasteiger partial charge in [0, 0.05) is 35.3 Å². The Bertz CT molecular complexity index is 1140. The Morgan fingerprint density at radius 2 is 1.83 bits per heavy atom. The van der Waals surface area contributed by atoms with E-state index in [9.17, 15) is 24.9 Å². The molecule has 42 heavy (non-hydrogen) atoms. The van der Waals surface area contributed by atoms with Crippen LogP contribution >= 0.6 is 15.9 Å². The number of esters is 2. The van der Waals surface area contributed by atoms with Crippen LogP contribution in [0, 0.1) is 23.2 Å². The molecule has 1 aromatic carbocycles. The quantitative estimate of drug-likeness (QED) is 0.352. The third kappa shape index (κ3) is 6.66. The van der Waals surface area contributed by atoms with Crippen molar-refractivity contribution in [1.29, 1.82) is 0 Å². The first-order chi connectivity index (χ1) is 19.6. The van der Waals surface area contributed by atoms with Crippen LogP contribution in [0.1, 0.15) is 84.8 Å². The molecule has 3 bridgehead atoms. The molecule has 0 radical (unpaired) electrons. The maximum absolute atomic E-state index is 13.0. The number of methoxy groups -OCH3 is 1. The molecule has 3 N–H and O–H groups in total. The summed E-state index contributed by atoms with van der Waals surface area (Å²) in [6.45, 7) is 9.33. The van der Waals surface area contributed by atoms with Gasteiger partial charge in [-0.3, -0.25) is 9.59 Å². The van der Waals surface area contributed by atoms with Gasteiger partial charge in [-0.25, -0.2) is 0 Å². The molecule has 3 heterocycles. The van der Waals surface area contributed by atoms with E-state index >= 15 is 0 Å². The molecule has 3 saturated heterocycles. The monoisotopic (exact) mass is 656 g/mol. The van der Waals surface area contributed by atoms with Crippen LogP contribution < -0.4 is 0 Å². The minimum Gasteiger partial charge on any atom is -0.508 e. The van der Waals surface area contributed by atoms with Crippen LogP contribution in [0.5, 0.6) is 5.75 Å². The zero-order valence-corrected chi connectivity index (χ0v) is 26.9. The fourth-order valence-corrected chi connectivity index (χ4v) is 7.38. The van der Waals surface area contributed by atoms with E-state index in [0.717, 1.165) is 10.0 Å². The van der Waals surface area contributed by atoms with Crippen molar-refractivity contribution < 1.29 is 48.6 Å². The standard InChI is InChI=1S/C31H45BrO10/c1-17(7-10-24(38-6)22-11-20(34)8-9-23(22)32)28-19(3)25-14-31(41-28)29(4,5)13-18(2)30(37,42-31)15-27(36)39-21(16-33)12-26(35)40-25/h8-9,11,17-19,21,24-25,28,33-34,37H,7,10,12-16H2,1-6H3. The van der Waals surface area contributed by atoms with E-state index in [1.807, 2.05) is 27.7 Å². The van der Waals surface area contributed by atoms with Gasteiger partial charge in [0.25, 0.3) is 0 Å². The smallest absolute Gasteiger partial charge is 0.311 e. The number of carbonyl (C=O) groups is 2. The topological polar surface area (TPSA) is 141 Å². The highest BCUT2D eigenvalue weighted by Gasteiger charge is 2.64. The Labute approximate surface area is 256 Å².